The van der Waals surface area contributed by atoms with Gasteiger partial charge in [-0.25, -0.2) is 8.78 Å². The molecule has 1 heterocycles. The van der Waals surface area contributed by atoms with Crippen molar-refractivity contribution in [2.24, 2.45) is 5.92 Å². The van der Waals surface area contributed by atoms with Crippen molar-refractivity contribution in [2.45, 2.75) is 31.6 Å². The summed E-state index contributed by atoms with van der Waals surface area (Å²) in [5.41, 5.74) is 0.128. The smallest absolute Gasteiger partial charge is 0.142 e. The second kappa shape index (κ2) is 6.38. The summed E-state index contributed by atoms with van der Waals surface area (Å²) in [6.07, 6.45) is 0. The highest BCUT2D eigenvalue weighted by Gasteiger charge is 2.38. The Labute approximate surface area is 131 Å². The number of hydrogen-bond acceptors (Lipinski definition) is 3. The van der Waals surface area contributed by atoms with Crippen LogP contribution in [-0.2, 0) is 16.1 Å². The van der Waals surface area contributed by atoms with Crippen molar-refractivity contribution in [1.29, 1.82) is 0 Å². The van der Waals surface area contributed by atoms with E-state index in [-0.39, 0.29) is 16.5 Å². The molecular weight excluding hydrogens is 320 g/mol. The third-order valence-electron chi connectivity index (χ3n) is 3.30. The summed E-state index contributed by atoms with van der Waals surface area (Å²) in [5, 5.41) is -0.267. The lowest BCUT2D eigenvalue weighted by Gasteiger charge is -2.36. The number of halogens is 3. The van der Waals surface area contributed by atoms with Gasteiger partial charge in [0.15, 0.2) is 0 Å². The largest absolute Gasteiger partial charge is 0.598 e. The number of rotatable bonds is 4. The molecule has 3 nitrogen and oxygen atoms in total. The van der Waals surface area contributed by atoms with Gasteiger partial charge in [-0.1, -0.05) is 11.6 Å². The van der Waals surface area contributed by atoms with Gasteiger partial charge in [0.2, 0.25) is 0 Å². The molecule has 2 rings (SSSR count). The zero-order chi connectivity index (χ0) is 15.8. The van der Waals surface area contributed by atoms with E-state index >= 15 is 0 Å². The van der Waals surface area contributed by atoms with Crippen LogP contribution in [0.2, 0.25) is 5.02 Å². The monoisotopic (exact) mass is 337 g/mol. The second-order valence-corrected chi connectivity index (χ2v) is 8.47. The first kappa shape index (κ1) is 17.0. The molecule has 0 aromatic heterocycles. The minimum atomic E-state index is -1.40. The summed E-state index contributed by atoms with van der Waals surface area (Å²) in [6, 6.07) is 1.43. The Morgan fingerprint density at radius 1 is 1.33 bits per heavy atom. The summed E-state index contributed by atoms with van der Waals surface area (Å²) >= 11 is 4.17. The molecule has 0 unspecified atom stereocenters. The molecule has 0 saturated carbocycles. The van der Waals surface area contributed by atoms with Crippen LogP contribution in [0.25, 0.3) is 0 Å². The molecule has 118 valence electrons. The fourth-order valence-corrected chi connectivity index (χ4v) is 2.98. The molecule has 7 heteroatoms. The molecule has 1 N–H and O–H groups in total. The van der Waals surface area contributed by atoms with Crippen LogP contribution >= 0.6 is 11.6 Å². The Balaban J connectivity index is 2.30. The Morgan fingerprint density at radius 3 is 2.43 bits per heavy atom. The van der Waals surface area contributed by atoms with Crippen LogP contribution in [0.4, 0.5) is 8.78 Å². The zero-order valence-electron chi connectivity index (χ0n) is 12.1. The van der Waals surface area contributed by atoms with E-state index in [0.717, 1.165) is 12.1 Å². The number of hydrogen-bond donors (Lipinski definition) is 1. The molecule has 0 bridgehead atoms. The average molecular weight is 338 g/mol. The van der Waals surface area contributed by atoms with E-state index in [1.807, 2.05) is 20.8 Å². The molecule has 0 spiro atoms. The van der Waals surface area contributed by atoms with Gasteiger partial charge in [-0.15, -0.1) is 4.72 Å². The summed E-state index contributed by atoms with van der Waals surface area (Å²) in [4.78, 5) is 0. The SMILES string of the molecule is CC(C)(C)[S@+]([O-])N[C@@H](c1cc(F)c(Cl)cc1F)C1COC1. The maximum absolute atomic E-state index is 14.1. The molecule has 21 heavy (non-hydrogen) atoms. The van der Waals surface area contributed by atoms with Crippen molar-refractivity contribution in [2.75, 3.05) is 13.2 Å². The van der Waals surface area contributed by atoms with E-state index in [9.17, 15) is 13.3 Å². The van der Waals surface area contributed by atoms with Crippen molar-refractivity contribution >= 4 is 23.0 Å². The van der Waals surface area contributed by atoms with Gasteiger partial charge in [0.1, 0.15) is 16.4 Å². The van der Waals surface area contributed by atoms with E-state index in [0.29, 0.717) is 13.2 Å². The van der Waals surface area contributed by atoms with Gasteiger partial charge in [-0.2, -0.15) is 0 Å². The summed E-state index contributed by atoms with van der Waals surface area (Å²) < 4.78 is 47.5. The van der Waals surface area contributed by atoms with Crippen LogP contribution in [0.1, 0.15) is 32.4 Å². The van der Waals surface area contributed by atoms with Crippen molar-refractivity contribution in [3.63, 3.8) is 0 Å². The molecule has 0 aliphatic carbocycles. The van der Waals surface area contributed by atoms with Crippen molar-refractivity contribution in [3.05, 3.63) is 34.4 Å². The fraction of sp³-hybridized carbons (Fsp3) is 0.571. The minimum Gasteiger partial charge on any atom is -0.598 e. The van der Waals surface area contributed by atoms with Gasteiger partial charge in [0.25, 0.3) is 0 Å². The van der Waals surface area contributed by atoms with E-state index in [1.54, 1.807) is 0 Å². The third kappa shape index (κ3) is 3.87. The summed E-state index contributed by atoms with van der Waals surface area (Å²) in [6.45, 7) is 6.27. The summed E-state index contributed by atoms with van der Waals surface area (Å²) in [7, 11) is 0. The van der Waals surface area contributed by atoms with E-state index in [1.165, 1.54) is 0 Å². The highest BCUT2D eigenvalue weighted by Crippen LogP contribution is 2.33. The maximum atomic E-state index is 14.1. The molecule has 0 radical (unpaired) electrons. The molecule has 1 fully saturated rings. The molecule has 1 aliphatic rings. The maximum Gasteiger partial charge on any atom is 0.142 e. The van der Waals surface area contributed by atoms with Crippen molar-refractivity contribution in [3.8, 4) is 0 Å². The Kier molecular flexibility index (Phi) is 5.15. The number of ether oxygens (including phenoxy) is 1. The van der Waals surface area contributed by atoms with Gasteiger partial charge >= 0.3 is 0 Å². The lowest BCUT2D eigenvalue weighted by atomic mass is 9.92. The Morgan fingerprint density at radius 2 is 1.95 bits per heavy atom. The molecule has 1 saturated heterocycles. The number of nitrogens with one attached hydrogen (secondary N) is 1. The highest BCUT2D eigenvalue weighted by atomic mass is 35.5. The fourth-order valence-electron chi connectivity index (χ4n) is 1.93. The lowest BCUT2D eigenvalue weighted by Crippen LogP contribution is -2.47. The molecule has 1 aromatic rings. The Hall–Kier alpha value is -0.400. The van der Waals surface area contributed by atoms with Crippen LogP contribution in [0.5, 0.6) is 0 Å². The predicted octanol–water partition coefficient (Wildman–Crippen LogP) is 3.36. The number of benzene rings is 1. The van der Waals surface area contributed by atoms with Crippen molar-refractivity contribution < 1.29 is 18.1 Å². The minimum absolute atomic E-state index is 0.0497. The average Bonchev–Trinajstić information content (AvgIpc) is 2.29. The standard InChI is InChI=1S/C14H18ClF2NO2S/c1-14(2,3)21(19)18-13(8-6-20-7-8)9-4-12(17)10(15)5-11(9)16/h4-5,8,13,18H,6-7H2,1-3H3/t13-,21+/m1/s1. The second-order valence-electron chi connectivity index (χ2n) is 6.06. The van der Waals surface area contributed by atoms with E-state index < -0.39 is 33.8 Å². The van der Waals surface area contributed by atoms with Crippen molar-refractivity contribution in [1.82, 2.24) is 4.72 Å². The van der Waals surface area contributed by atoms with Gasteiger partial charge in [-0.3, -0.25) is 0 Å². The first-order chi connectivity index (χ1) is 9.70. The van der Waals surface area contributed by atoms with Gasteiger partial charge in [-0.05, 0) is 32.9 Å². The first-order valence-electron chi connectivity index (χ1n) is 6.60. The molecule has 1 aromatic carbocycles. The molecule has 0 amide bonds. The highest BCUT2D eigenvalue weighted by molar-refractivity contribution is 7.90. The van der Waals surface area contributed by atoms with Crippen LogP contribution in [0, 0.1) is 17.6 Å². The van der Waals surface area contributed by atoms with Gasteiger partial charge in [0.05, 0.1) is 24.3 Å². The topological polar surface area (TPSA) is 44.3 Å². The summed E-state index contributed by atoms with van der Waals surface area (Å²) in [5.74, 6) is -1.36. The quantitative estimate of drug-likeness (QED) is 0.677. The van der Waals surface area contributed by atoms with Crippen LogP contribution in [-0.4, -0.2) is 22.5 Å². The molecular formula is C14H18ClF2NO2S. The predicted molar refractivity (Wildman–Crippen MR) is 79.4 cm³/mol. The normalized spacial score (nSPS) is 19.2. The first-order valence-corrected chi connectivity index (χ1v) is 8.13. The van der Waals surface area contributed by atoms with Crippen LogP contribution in [0.3, 0.4) is 0 Å². The van der Waals surface area contributed by atoms with Gasteiger partial charge < -0.3 is 9.29 Å². The third-order valence-corrected chi connectivity index (χ3v) is 5.17. The van der Waals surface area contributed by atoms with Gasteiger partial charge in [0, 0.05) is 22.8 Å². The lowest BCUT2D eigenvalue weighted by molar-refractivity contribution is -0.0473. The molecule has 2 atom stereocenters. The van der Waals surface area contributed by atoms with E-state index in [4.69, 9.17) is 16.3 Å². The van der Waals surface area contributed by atoms with Crippen LogP contribution in [0.15, 0.2) is 12.1 Å². The van der Waals surface area contributed by atoms with E-state index in [2.05, 4.69) is 4.72 Å². The van der Waals surface area contributed by atoms with Crippen LogP contribution < -0.4 is 4.72 Å². The molecule has 1 aliphatic heterocycles. The Bertz CT molecular complexity index is 520. The zero-order valence-corrected chi connectivity index (χ0v) is 13.7.